The van der Waals surface area contributed by atoms with Gasteiger partial charge in [0.25, 0.3) is 0 Å². The van der Waals surface area contributed by atoms with Gasteiger partial charge in [0.1, 0.15) is 0 Å². The summed E-state index contributed by atoms with van der Waals surface area (Å²) in [6.45, 7) is 1.88. The van der Waals surface area contributed by atoms with E-state index in [0.717, 1.165) is 0 Å². The minimum absolute atomic E-state index is 0.0394. The highest BCUT2D eigenvalue weighted by Gasteiger charge is 2.28. The standard InChI is InChI=1S/C4H7Cl3S2/c1-3(9-8-2)4(5,6)7/h3H,1-2H3. The Kier molecular flexibility index (Phi) is 5.22. The van der Waals surface area contributed by atoms with Gasteiger partial charge in [0.05, 0.1) is 5.25 Å². The Balaban J connectivity index is 3.59. The molecule has 0 rings (SSSR count). The topological polar surface area (TPSA) is 0 Å². The van der Waals surface area contributed by atoms with Crippen molar-refractivity contribution < 1.29 is 0 Å². The molecule has 0 amide bonds. The summed E-state index contributed by atoms with van der Waals surface area (Å²) >= 11 is 16.7. The van der Waals surface area contributed by atoms with E-state index in [4.69, 9.17) is 34.8 Å². The normalized spacial score (nSPS) is 15.7. The third-order valence-electron chi connectivity index (χ3n) is 0.702. The summed E-state index contributed by atoms with van der Waals surface area (Å²) < 4.78 is -1.13. The molecule has 0 spiro atoms. The fourth-order valence-corrected chi connectivity index (χ4v) is 2.77. The number of rotatable bonds is 2. The maximum atomic E-state index is 5.56. The molecular weight excluding hydrogens is 219 g/mol. The van der Waals surface area contributed by atoms with Crippen LogP contribution in [0, 0.1) is 0 Å². The van der Waals surface area contributed by atoms with E-state index in [1.165, 1.54) is 0 Å². The SMILES string of the molecule is CSSC(C)C(Cl)(Cl)Cl. The molecular formula is C4H7Cl3S2. The van der Waals surface area contributed by atoms with Crippen molar-refractivity contribution in [2.24, 2.45) is 0 Å². The zero-order chi connectivity index (χ0) is 7.49. The quantitative estimate of drug-likeness (QED) is 0.518. The molecule has 0 aliphatic carbocycles. The maximum Gasteiger partial charge on any atom is 0.202 e. The summed E-state index contributed by atoms with van der Waals surface area (Å²) in [6, 6.07) is 0. The van der Waals surface area contributed by atoms with E-state index in [0.29, 0.717) is 0 Å². The largest absolute Gasteiger partial charge is 0.202 e. The Morgan fingerprint density at radius 1 is 1.33 bits per heavy atom. The third-order valence-corrected chi connectivity index (χ3v) is 4.35. The second kappa shape index (κ2) is 4.45. The van der Waals surface area contributed by atoms with Crippen LogP contribution in [0.4, 0.5) is 0 Å². The van der Waals surface area contributed by atoms with E-state index in [-0.39, 0.29) is 5.25 Å². The molecule has 0 fully saturated rings. The lowest BCUT2D eigenvalue weighted by molar-refractivity contribution is 1.01. The number of halogens is 3. The Morgan fingerprint density at radius 2 is 1.78 bits per heavy atom. The van der Waals surface area contributed by atoms with Gasteiger partial charge in [0, 0.05) is 0 Å². The Labute approximate surface area is 78.4 Å². The molecule has 0 aromatic rings. The van der Waals surface area contributed by atoms with Gasteiger partial charge in [-0.15, -0.1) is 0 Å². The molecule has 0 radical (unpaired) electrons. The average molecular weight is 226 g/mol. The van der Waals surface area contributed by atoms with Gasteiger partial charge < -0.3 is 0 Å². The molecule has 0 heterocycles. The Bertz CT molecular complexity index is 80.4. The molecule has 9 heavy (non-hydrogen) atoms. The highest BCUT2D eigenvalue weighted by atomic mass is 35.6. The highest BCUT2D eigenvalue weighted by Crippen LogP contribution is 2.40. The van der Waals surface area contributed by atoms with Crippen LogP contribution in [0.15, 0.2) is 0 Å². The van der Waals surface area contributed by atoms with Crippen LogP contribution in [0.1, 0.15) is 6.92 Å². The van der Waals surface area contributed by atoms with Crippen LogP contribution in [0.25, 0.3) is 0 Å². The van der Waals surface area contributed by atoms with Gasteiger partial charge in [0.2, 0.25) is 3.79 Å². The monoisotopic (exact) mass is 224 g/mol. The van der Waals surface area contributed by atoms with E-state index >= 15 is 0 Å². The average Bonchev–Trinajstić information content (AvgIpc) is 1.64. The molecule has 0 aliphatic rings. The van der Waals surface area contributed by atoms with Crippen molar-refractivity contribution in [3.8, 4) is 0 Å². The lowest BCUT2D eigenvalue weighted by Gasteiger charge is -2.17. The molecule has 0 saturated heterocycles. The summed E-state index contributed by atoms with van der Waals surface area (Å²) in [5.74, 6) is 0. The van der Waals surface area contributed by atoms with Crippen LogP contribution in [-0.4, -0.2) is 15.3 Å². The van der Waals surface area contributed by atoms with Gasteiger partial charge in [0.15, 0.2) is 0 Å². The first-order valence-corrected chi connectivity index (χ1v) is 6.00. The number of hydrogen-bond acceptors (Lipinski definition) is 2. The molecule has 0 N–H and O–H groups in total. The van der Waals surface area contributed by atoms with Crippen molar-refractivity contribution in [1.29, 1.82) is 0 Å². The molecule has 1 unspecified atom stereocenters. The minimum atomic E-state index is -1.13. The summed E-state index contributed by atoms with van der Waals surface area (Å²) in [5, 5.41) is 0.0394. The summed E-state index contributed by atoms with van der Waals surface area (Å²) in [4.78, 5) is 0. The number of alkyl halides is 3. The van der Waals surface area contributed by atoms with Gasteiger partial charge >= 0.3 is 0 Å². The first-order chi connectivity index (χ1) is 3.98. The molecule has 56 valence electrons. The van der Waals surface area contributed by atoms with E-state index in [2.05, 4.69) is 0 Å². The van der Waals surface area contributed by atoms with Crippen molar-refractivity contribution in [3.05, 3.63) is 0 Å². The van der Waals surface area contributed by atoms with Crippen LogP contribution < -0.4 is 0 Å². The van der Waals surface area contributed by atoms with E-state index in [1.807, 2.05) is 13.2 Å². The van der Waals surface area contributed by atoms with Crippen LogP contribution in [0.3, 0.4) is 0 Å². The molecule has 0 bridgehead atoms. The van der Waals surface area contributed by atoms with Crippen molar-refractivity contribution in [2.45, 2.75) is 16.0 Å². The van der Waals surface area contributed by atoms with Gasteiger partial charge in [-0.2, -0.15) is 0 Å². The molecule has 1 atom stereocenters. The van der Waals surface area contributed by atoms with Crippen LogP contribution >= 0.6 is 56.4 Å². The van der Waals surface area contributed by atoms with Crippen LogP contribution in [0.5, 0.6) is 0 Å². The molecule has 0 nitrogen and oxygen atoms in total. The second-order valence-electron chi connectivity index (χ2n) is 1.45. The smallest absolute Gasteiger partial charge is 0.0972 e. The van der Waals surface area contributed by atoms with Gasteiger partial charge in [-0.05, 0) is 13.2 Å². The van der Waals surface area contributed by atoms with Crippen molar-refractivity contribution in [1.82, 2.24) is 0 Å². The zero-order valence-electron chi connectivity index (χ0n) is 5.03. The molecule has 0 aliphatic heterocycles. The predicted octanol–water partition coefficient (Wildman–Crippen LogP) is 3.76. The fourth-order valence-electron chi connectivity index (χ4n) is 0.199. The predicted molar refractivity (Wildman–Crippen MR) is 50.9 cm³/mol. The van der Waals surface area contributed by atoms with Crippen molar-refractivity contribution >= 4 is 56.4 Å². The van der Waals surface area contributed by atoms with E-state index < -0.39 is 3.79 Å². The molecule has 0 saturated carbocycles. The third kappa shape index (κ3) is 4.91. The van der Waals surface area contributed by atoms with E-state index in [9.17, 15) is 0 Å². The lowest BCUT2D eigenvalue weighted by Crippen LogP contribution is -2.16. The molecule has 0 aromatic carbocycles. The van der Waals surface area contributed by atoms with E-state index in [1.54, 1.807) is 21.6 Å². The minimum Gasteiger partial charge on any atom is -0.0972 e. The Morgan fingerprint density at radius 3 is 1.89 bits per heavy atom. The van der Waals surface area contributed by atoms with Crippen LogP contribution in [-0.2, 0) is 0 Å². The second-order valence-corrected chi connectivity index (χ2v) is 6.63. The Hall–Kier alpha value is 1.57. The molecule has 0 aromatic heterocycles. The summed E-state index contributed by atoms with van der Waals surface area (Å²) in [6.07, 6.45) is 1.96. The first-order valence-electron chi connectivity index (χ1n) is 2.24. The maximum absolute atomic E-state index is 5.56. The van der Waals surface area contributed by atoms with Gasteiger partial charge in [-0.3, -0.25) is 0 Å². The molecule has 5 heteroatoms. The summed E-state index contributed by atoms with van der Waals surface area (Å²) in [7, 11) is 3.16. The van der Waals surface area contributed by atoms with Gasteiger partial charge in [-0.25, -0.2) is 0 Å². The zero-order valence-corrected chi connectivity index (χ0v) is 8.93. The first kappa shape index (κ1) is 10.6. The number of hydrogen-bond donors (Lipinski definition) is 0. The van der Waals surface area contributed by atoms with Crippen LogP contribution in [0.2, 0.25) is 0 Å². The van der Waals surface area contributed by atoms with Gasteiger partial charge in [-0.1, -0.05) is 56.4 Å². The highest BCUT2D eigenvalue weighted by molar-refractivity contribution is 8.76. The lowest BCUT2D eigenvalue weighted by atomic mass is 10.5. The fraction of sp³-hybridized carbons (Fsp3) is 1.00. The van der Waals surface area contributed by atoms with Crippen molar-refractivity contribution in [2.75, 3.05) is 6.26 Å². The van der Waals surface area contributed by atoms with Crippen molar-refractivity contribution in [3.63, 3.8) is 0 Å². The summed E-state index contributed by atoms with van der Waals surface area (Å²) in [5.41, 5.74) is 0.